The van der Waals surface area contributed by atoms with Crippen molar-refractivity contribution in [2.24, 2.45) is 0 Å². The molecule has 1 saturated heterocycles. The smallest absolute Gasteiger partial charge is 0.242 e. The van der Waals surface area contributed by atoms with Crippen LogP contribution in [0.25, 0.3) is 21.8 Å². The number of aryl methyl sites for hydroxylation is 2. The predicted octanol–water partition coefficient (Wildman–Crippen LogP) is 2.91. The van der Waals surface area contributed by atoms with E-state index >= 15 is 0 Å². The van der Waals surface area contributed by atoms with Crippen LogP contribution in [0.1, 0.15) is 11.5 Å². The first kappa shape index (κ1) is 20.2. The molecule has 3 heterocycles. The van der Waals surface area contributed by atoms with Crippen molar-refractivity contribution in [1.82, 2.24) is 19.4 Å². The molecule has 1 aliphatic heterocycles. The third-order valence-electron chi connectivity index (χ3n) is 6.08. The summed E-state index contributed by atoms with van der Waals surface area (Å²) in [6, 6.07) is 17.0. The fraction of sp³-hybridized carbons (Fsp3) is 0.280. The molecule has 5 rings (SSSR count). The van der Waals surface area contributed by atoms with Gasteiger partial charge in [0.05, 0.1) is 11.0 Å². The van der Waals surface area contributed by atoms with Gasteiger partial charge in [-0.15, -0.1) is 0 Å². The highest BCUT2D eigenvalue weighted by molar-refractivity contribution is 5.94. The van der Waals surface area contributed by atoms with E-state index in [-0.39, 0.29) is 17.9 Å². The SMILES string of the molecule is Cc1cc(N2CCN(C(=O)Cn3c4ccccc4c(=O)c4ccccc43)CC2)nc(C)n1. The Kier molecular flexibility index (Phi) is 5.09. The summed E-state index contributed by atoms with van der Waals surface area (Å²) in [5.41, 5.74) is 2.53. The van der Waals surface area contributed by atoms with Crippen LogP contribution in [-0.4, -0.2) is 51.5 Å². The number of fused-ring (bicyclic) bond motifs is 2. The minimum Gasteiger partial charge on any atom is -0.353 e. The Bertz CT molecular complexity index is 1310. The van der Waals surface area contributed by atoms with Gasteiger partial charge in [0.15, 0.2) is 5.43 Å². The van der Waals surface area contributed by atoms with E-state index in [2.05, 4.69) is 14.9 Å². The minimum atomic E-state index is 0.00366. The van der Waals surface area contributed by atoms with Gasteiger partial charge >= 0.3 is 0 Å². The molecular formula is C25H25N5O2. The Morgan fingerprint density at radius 1 is 0.875 bits per heavy atom. The van der Waals surface area contributed by atoms with E-state index in [0.717, 1.165) is 41.5 Å². The lowest BCUT2D eigenvalue weighted by atomic mass is 10.1. The van der Waals surface area contributed by atoms with E-state index < -0.39 is 0 Å². The van der Waals surface area contributed by atoms with Gasteiger partial charge in [0.2, 0.25) is 5.91 Å². The normalized spacial score (nSPS) is 14.3. The molecule has 0 spiro atoms. The zero-order chi connectivity index (χ0) is 22.2. The monoisotopic (exact) mass is 427 g/mol. The largest absolute Gasteiger partial charge is 0.353 e. The molecule has 1 fully saturated rings. The molecule has 4 aromatic rings. The Balaban J connectivity index is 1.40. The van der Waals surface area contributed by atoms with Crippen molar-refractivity contribution < 1.29 is 4.79 Å². The Hall–Kier alpha value is -3.74. The highest BCUT2D eigenvalue weighted by Gasteiger charge is 2.23. The maximum atomic E-state index is 13.3. The second-order valence-corrected chi connectivity index (χ2v) is 8.23. The Labute approximate surface area is 185 Å². The van der Waals surface area contributed by atoms with Gasteiger partial charge in [-0.05, 0) is 38.1 Å². The first-order valence-corrected chi connectivity index (χ1v) is 10.9. The number of carbonyl (C=O) groups excluding carboxylic acids is 1. The first-order valence-electron chi connectivity index (χ1n) is 10.9. The second-order valence-electron chi connectivity index (χ2n) is 8.23. The number of nitrogens with zero attached hydrogens (tertiary/aromatic N) is 5. The summed E-state index contributed by atoms with van der Waals surface area (Å²) >= 11 is 0. The number of pyridine rings is 1. The summed E-state index contributed by atoms with van der Waals surface area (Å²) in [5, 5.41) is 1.27. The molecule has 0 N–H and O–H groups in total. The Morgan fingerprint density at radius 2 is 1.47 bits per heavy atom. The quantitative estimate of drug-likeness (QED) is 0.470. The third kappa shape index (κ3) is 3.60. The predicted molar refractivity (Wildman–Crippen MR) is 126 cm³/mol. The summed E-state index contributed by atoms with van der Waals surface area (Å²) < 4.78 is 1.97. The molecular weight excluding hydrogens is 402 g/mol. The third-order valence-corrected chi connectivity index (χ3v) is 6.08. The van der Waals surface area contributed by atoms with E-state index in [1.54, 1.807) is 0 Å². The molecule has 0 bridgehead atoms. The lowest BCUT2D eigenvalue weighted by molar-refractivity contribution is -0.132. The van der Waals surface area contributed by atoms with Crippen molar-refractivity contribution in [3.63, 3.8) is 0 Å². The summed E-state index contributed by atoms with van der Waals surface area (Å²) in [4.78, 5) is 39.2. The fourth-order valence-electron chi connectivity index (χ4n) is 4.53. The van der Waals surface area contributed by atoms with Crippen LogP contribution in [0.3, 0.4) is 0 Å². The van der Waals surface area contributed by atoms with E-state index in [1.165, 1.54) is 0 Å². The van der Waals surface area contributed by atoms with Crippen molar-refractivity contribution >= 4 is 33.5 Å². The number of hydrogen-bond donors (Lipinski definition) is 0. The molecule has 1 amide bonds. The zero-order valence-corrected chi connectivity index (χ0v) is 18.3. The maximum absolute atomic E-state index is 13.3. The fourth-order valence-corrected chi connectivity index (χ4v) is 4.53. The van der Waals surface area contributed by atoms with Crippen LogP contribution in [0.2, 0.25) is 0 Å². The number of aromatic nitrogens is 3. The molecule has 0 atom stereocenters. The van der Waals surface area contributed by atoms with E-state index in [4.69, 9.17) is 0 Å². The molecule has 2 aromatic heterocycles. The van der Waals surface area contributed by atoms with Gasteiger partial charge in [-0.25, -0.2) is 9.97 Å². The highest BCUT2D eigenvalue weighted by atomic mass is 16.2. The molecule has 0 saturated carbocycles. The molecule has 0 unspecified atom stereocenters. The van der Waals surface area contributed by atoms with Crippen molar-refractivity contribution in [1.29, 1.82) is 0 Å². The molecule has 7 nitrogen and oxygen atoms in total. The molecule has 162 valence electrons. The molecule has 32 heavy (non-hydrogen) atoms. The average Bonchev–Trinajstić information content (AvgIpc) is 2.81. The van der Waals surface area contributed by atoms with Crippen molar-refractivity contribution in [3.05, 3.63) is 76.3 Å². The lowest BCUT2D eigenvalue weighted by Crippen LogP contribution is -2.50. The van der Waals surface area contributed by atoms with Gasteiger partial charge in [0.1, 0.15) is 18.2 Å². The number of para-hydroxylation sites is 2. The lowest BCUT2D eigenvalue weighted by Gasteiger charge is -2.35. The van der Waals surface area contributed by atoms with Gasteiger partial charge in [-0.1, -0.05) is 24.3 Å². The Morgan fingerprint density at radius 3 is 2.06 bits per heavy atom. The van der Waals surface area contributed by atoms with Crippen LogP contribution in [0.4, 0.5) is 5.82 Å². The zero-order valence-electron chi connectivity index (χ0n) is 18.3. The van der Waals surface area contributed by atoms with Gasteiger partial charge in [-0.3, -0.25) is 9.59 Å². The molecule has 0 radical (unpaired) electrons. The van der Waals surface area contributed by atoms with Gasteiger partial charge < -0.3 is 14.4 Å². The maximum Gasteiger partial charge on any atom is 0.242 e. The van der Waals surface area contributed by atoms with Crippen LogP contribution < -0.4 is 10.3 Å². The van der Waals surface area contributed by atoms with Crippen molar-refractivity contribution in [2.45, 2.75) is 20.4 Å². The standard InChI is InChI=1S/C25H25N5O2/c1-17-15-23(27-18(2)26-17)28-11-13-29(14-12-28)24(31)16-30-21-9-5-3-7-19(21)25(32)20-8-4-6-10-22(20)30/h3-10,15H,11-14,16H2,1-2H3. The van der Waals surface area contributed by atoms with E-state index in [9.17, 15) is 9.59 Å². The first-order chi connectivity index (χ1) is 15.5. The van der Waals surface area contributed by atoms with Gasteiger partial charge in [0, 0.05) is 48.7 Å². The number of anilines is 1. The van der Waals surface area contributed by atoms with Crippen LogP contribution >= 0.6 is 0 Å². The highest BCUT2D eigenvalue weighted by Crippen LogP contribution is 2.20. The van der Waals surface area contributed by atoms with Gasteiger partial charge in [0.25, 0.3) is 0 Å². The second kappa shape index (κ2) is 8.07. The van der Waals surface area contributed by atoms with Crippen LogP contribution in [-0.2, 0) is 11.3 Å². The molecule has 7 heteroatoms. The minimum absolute atomic E-state index is 0.00366. The van der Waals surface area contributed by atoms with Crippen LogP contribution in [0.5, 0.6) is 0 Å². The van der Waals surface area contributed by atoms with Crippen molar-refractivity contribution in [2.75, 3.05) is 31.1 Å². The number of benzene rings is 2. The summed E-state index contributed by atoms with van der Waals surface area (Å²) in [6.45, 7) is 6.80. The summed E-state index contributed by atoms with van der Waals surface area (Å²) in [6.07, 6.45) is 0. The van der Waals surface area contributed by atoms with Crippen LogP contribution in [0, 0.1) is 13.8 Å². The molecule has 0 aliphatic carbocycles. The number of amides is 1. The summed E-state index contributed by atoms with van der Waals surface area (Å²) in [7, 11) is 0. The van der Waals surface area contributed by atoms with Crippen LogP contribution in [0.15, 0.2) is 59.4 Å². The average molecular weight is 428 g/mol. The van der Waals surface area contributed by atoms with E-state index in [1.807, 2.05) is 77.9 Å². The van der Waals surface area contributed by atoms with E-state index in [0.29, 0.717) is 23.9 Å². The van der Waals surface area contributed by atoms with Crippen molar-refractivity contribution in [3.8, 4) is 0 Å². The molecule has 1 aliphatic rings. The number of piperazine rings is 1. The van der Waals surface area contributed by atoms with Gasteiger partial charge in [-0.2, -0.15) is 0 Å². The number of carbonyl (C=O) groups is 1. The number of hydrogen-bond acceptors (Lipinski definition) is 5. The number of rotatable bonds is 3. The summed E-state index contributed by atoms with van der Waals surface area (Å²) in [5.74, 6) is 1.73. The topological polar surface area (TPSA) is 71.3 Å². The molecule has 2 aromatic carbocycles.